The Morgan fingerprint density at radius 3 is 2.57 bits per heavy atom. The van der Waals surface area contributed by atoms with Gasteiger partial charge in [0.05, 0.1) is 11.3 Å². The largest absolute Gasteiger partial charge is 0.478 e. The van der Waals surface area contributed by atoms with Crippen molar-refractivity contribution in [2.75, 3.05) is 5.32 Å². The van der Waals surface area contributed by atoms with Gasteiger partial charge in [0.2, 0.25) is 0 Å². The van der Waals surface area contributed by atoms with Crippen molar-refractivity contribution >= 4 is 23.4 Å². The molecule has 0 bridgehead atoms. The number of benzene rings is 1. The number of carboxylic acids is 1. The van der Waals surface area contributed by atoms with Crippen LogP contribution >= 0.6 is 0 Å². The molecular weight excluding hydrogens is 272 g/mol. The summed E-state index contributed by atoms with van der Waals surface area (Å²) in [6.45, 7) is 3.40. The van der Waals surface area contributed by atoms with Gasteiger partial charge < -0.3 is 16.2 Å². The maximum atomic E-state index is 11.5. The summed E-state index contributed by atoms with van der Waals surface area (Å²) in [6.07, 6.45) is 0. The summed E-state index contributed by atoms with van der Waals surface area (Å²) in [4.78, 5) is 22.7. The molecule has 0 aliphatic heterocycles. The fourth-order valence-corrected chi connectivity index (χ4v) is 2.16. The quantitative estimate of drug-likeness (QED) is 0.791. The highest BCUT2D eigenvalue weighted by molar-refractivity contribution is 5.99. The number of amides is 1. The van der Waals surface area contributed by atoms with Gasteiger partial charge in [0.1, 0.15) is 11.4 Å². The van der Waals surface area contributed by atoms with Gasteiger partial charge in [0.25, 0.3) is 5.91 Å². The number of hydrogen-bond donors (Lipinski definition) is 3. The Morgan fingerprint density at radius 1 is 1.33 bits per heavy atom. The minimum absolute atomic E-state index is 0.194. The van der Waals surface area contributed by atoms with E-state index in [1.165, 1.54) is 10.7 Å². The summed E-state index contributed by atoms with van der Waals surface area (Å²) < 4.78 is 1.50. The van der Waals surface area contributed by atoms with Crippen molar-refractivity contribution in [3.63, 3.8) is 0 Å². The summed E-state index contributed by atoms with van der Waals surface area (Å²) in [5.41, 5.74) is 7.55. The fourth-order valence-electron chi connectivity index (χ4n) is 2.16. The zero-order chi connectivity index (χ0) is 15.7. The monoisotopic (exact) mass is 288 g/mol. The molecule has 4 N–H and O–H groups in total. The molecule has 0 spiro atoms. The molecule has 2 rings (SSSR count). The van der Waals surface area contributed by atoms with Crippen LogP contribution in [0.3, 0.4) is 0 Å². The van der Waals surface area contributed by atoms with Crippen LogP contribution in [0, 0.1) is 13.8 Å². The molecule has 1 aromatic heterocycles. The summed E-state index contributed by atoms with van der Waals surface area (Å²) in [5.74, 6) is -1.17. The number of anilines is 2. The first-order chi connectivity index (χ1) is 9.81. The summed E-state index contributed by atoms with van der Waals surface area (Å²) in [6, 6.07) is 4.93. The number of carbonyl (C=O) groups is 2. The number of nitrogens with two attached hydrogens (primary N) is 1. The van der Waals surface area contributed by atoms with Gasteiger partial charge in [-0.1, -0.05) is 6.07 Å². The van der Waals surface area contributed by atoms with Crippen molar-refractivity contribution in [3.8, 4) is 0 Å². The Hall–Kier alpha value is -2.83. The second kappa shape index (κ2) is 5.28. The van der Waals surface area contributed by atoms with Gasteiger partial charge >= 0.3 is 5.97 Å². The molecule has 0 saturated heterocycles. The number of aromatic carboxylic acids is 1. The molecular formula is C14H16N4O3. The number of primary amides is 1. The minimum Gasteiger partial charge on any atom is -0.478 e. The number of nitrogens with one attached hydrogen (secondary N) is 1. The summed E-state index contributed by atoms with van der Waals surface area (Å²) >= 11 is 0. The van der Waals surface area contributed by atoms with E-state index in [0.717, 1.165) is 0 Å². The fraction of sp³-hybridized carbons (Fsp3) is 0.214. The Bertz CT molecular complexity index is 734. The topological polar surface area (TPSA) is 110 Å². The van der Waals surface area contributed by atoms with Crippen LogP contribution in [0.2, 0.25) is 0 Å². The number of rotatable bonds is 4. The number of nitrogens with zero attached hydrogens (tertiary/aromatic N) is 2. The SMILES string of the molecule is Cc1ccc(Nc2c(C(N)=O)c(C)nn2C)cc1C(=O)O. The van der Waals surface area contributed by atoms with Crippen molar-refractivity contribution in [1.29, 1.82) is 0 Å². The number of hydrogen-bond acceptors (Lipinski definition) is 4. The molecule has 1 aromatic carbocycles. The number of carboxylic acid groups (broad SMARTS) is 1. The van der Waals surface area contributed by atoms with Crippen molar-refractivity contribution in [3.05, 3.63) is 40.6 Å². The van der Waals surface area contributed by atoms with Crippen LogP contribution < -0.4 is 11.1 Å². The van der Waals surface area contributed by atoms with E-state index in [2.05, 4.69) is 10.4 Å². The first-order valence-electron chi connectivity index (χ1n) is 6.25. The Labute approximate surface area is 121 Å². The van der Waals surface area contributed by atoms with E-state index in [-0.39, 0.29) is 11.1 Å². The lowest BCUT2D eigenvalue weighted by molar-refractivity contribution is 0.0696. The maximum Gasteiger partial charge on any atom is 0.336 e. The third-order valence-electron chi connectivity index (χ3n) is 3.20. The molecule has 1 heterocycles. The third kappa shape index (κ3) is 2.71. The second-order valence-corrected chi connectivity index (χ2v) is 4.76. The van der Waals surface area contributed by atoms with Crippen LogP contribution in [0.5, 0.6) is 0 Å². The van der Waals surface area contributed by atoms with Crippen molar-refractivity contribution < 1.29 is 14.7 Å². The number of aryl methyl sites for hydroxylation is 3. The average molecular weight is 288 g/mol. The normalized spacial score (nSPS) is 10.4. The van der Waals surface area contributed by atoms with E-state index < -0.39 is 11.9 Å². The smallest absolute Gasteiger partial charge is 0.336 e. The van der Waals surface area contributed by atoms with Crippen LogP contribution in [-0.2, 0) is 7.05 Å². The molecule has 7 heteroatoms. The molecule has 110 valence electrons. The predicted octanol–water partition coefficient (Wildman–Crippen LogP) is 1.58. The first kappa shape index (κ1) is 14.6. The molecule has 0 aliphatic rings. The third-order valence-corrected chi connectivity index (χ3v) is 3.20. The van der Waals surface area contributed by atoms with E-state index in [1.54, 1.807) is 33.0 Å². The zero-order valence-corrected chi connectivity index (χ0v) is 12.0. The molecule has 21 heavy (non-hydrogen) atoms. The van der Waals surface area contributed by atoms with E-state index >= 15 is 0 Å². The molecule has 0 saturated carbocycles. The van der Waals surface area contributed by atoms with E-state index in [4.69, 9.17) is 10.8 Å². The lowest BCUT2D eigenvalue weighted by atomic mass is 10.1. The molecule has 1 amide bonds. The van der Waals surface area contributed by atoms with Crippen LogP contribution in [0.25, 0.3) is 0 Å². The Morgan fingerprint density at radius 2 is 2.00 bits per heavy atom. The van der Waals surface area contributed by atoms with Crippen LogP contribution in [-0.4, -0.2) is 26.8 Å². The van der Waals surface area contributed by atoms with E-state index in [0.29, 0.717) is 22.8 Å². The van der Waals surface area contributed by atoms with E-state index in [9.17, 15) is 9.59 Å². The van der Waals surface area contributed by atoms with Gasteiger partial charge in [-0.2, -0.15) is 5.10 Å². The minimum atomic E-state index is -1.01. The number of carbonyl (C=O) groups excluding carboxylic acids is 1. The van der Waals surface area contributed by atoms with Crippen molar-refractivity contribution in [1.82, 2.24) is 9.78 Å². The highest BCUT2D eigenvalue weighted by atomic mass is 16.4. The first-order valence-corrected chi connectivity index (χ1v) is 6.25. The second-order valence-electron chi connectivity index (χ2n) is 4.76. The molecule has 2 aromatic rings. The highest BCUT2D eigenvalue weighted by Crippen LogP contribution is 2.24. The molecule has 0 aliphatic carbocycles. The maximum absolute atomic E-state index is 11.5. The molecule has 0 fully saturated rings. The Kier molecular flexibility index (Phi) is 3.66. The van der Waals surface area contributed by atoms with E-state index in [1.807, 2.05) is 0 Å². The summed E-state index contributed by atoms with van der Waals surface area (Å²) in [7, 11) is 1.67. The van der Waals surface area contributed by atoms with Gasteiger partial charge in [-0.3, -0.25) is 9.48 Å². The van der Waals surface area contributed by atoms with Crippen LogP contribution in [0.1, 0.15) is 32.0 Å². The molecule has 7 nitrogen and oxygen atoms in total. The van der Waals surface area contributed by atoms with Gasteiger partial charge in [-0.25, -0.2) is 4.79 Å². The lowest BCUT2D eigenvalue weighted by Gasteiger charge is -2.10. The molecule has 0 atom stereocenters. The average Bonchev–Trinajstić information content (AvgIpc) is 2.66. The molecule has 0 unspecified atom stereocenters. The van der Waals surface area contributed by atoms with Gasteiger partial charge in [-0.05, 0) is 31.5 Å². The van der Waals surface area contributed by atoms with Crippen molar-refractivity contribution in [2.45, 2.75) is 13.8 Å². The summed E-state index contributed by atoms with van der Waals surface area (Å²) in [5, 5.41) is 16.3. The standard InChI is InChI=1S/C14H16N4O3/c1-7-4-5-9(6-10(7)14(20)21)16-13-11(12(15)19)8(2)17-18(13)3/h4-6,16H,1-3H3,(H2,15,19)(H,20,21). The zero-order valence-electron chi connectivity index (χ0n) is 12.0. The lowest BCUT2D eigenvalue weighted by Crippen LogP contribution is -2.14. The van der Waals surface area contributed by atoms with Crippen LogP contribution in [0.15, 0.2) is 18.2 Å². The van der Waals surface area contributed by atoms with Gasteiger partial charge in [0, 0.05) is 12.7 Å². The Balaban J connectivity index is 2.46. The highest BCUT2D eigenvalue weighted by Gasteiger charge is 2.18. The predicted molar refractivity (Wildman–Crippen MR) is 77.9 cm³/mol. The number of aromatic nitrogens is 2. The van der Waals surface area contributed by atoms with Crippen molar-refractivity contribution in [2.24, 2.45) is 12.8 Å². The van der Waals surface area contributed by atoms with Gasteiger partial charge in [-0.15, -0.1) is 0 Å². The van der Waals surface area contributed by atoms with Gasteiger partial charge in [0.15, 0.2) is 0 Å². The van der Waals surface area contributed by atoms with Crippen LogP contribution in [0.4, 0.5) is 11.5 Å². The molecule has 0 radical (unpaired) electrons.